The molecule has 9 heteroatoms. The Morgan fingerprint density at radius 3 is 2.28 bits per heavy atom. The number of aliphatic carboxylic acids is 1. The molecule has 3 aromatic carbocycles. The summed E-state index contributed by atoms with van der Waals surface area (Å²) < 4.78 is 13.5. The number of benzene rings is 3. The van der Waals surface area contributed by atoms with Gasteiger partial charge in [-0.1, -0.05) is 11.6 Å². The lowest BCUT2D eigenvalue weighted by Crippen LogP contribution is -2.48. The largest absolute Gasteiger partial charge is 0.481 e. The molecule has 200 valence electrons. The molecule has 0 radical (unpaired) electrons. The second-order valence-electron chi connectivity index (χ2n) is 9.59. The Hall–Kier alpha value is -4.04. The van der Waals surface area contributed by atoms with Crippen molar-refractivity contribution in [3.63, 3.8) is 0 Å². The molecule has 1 amide bonds. The second kappa shape index (κ2) is 11.8. The Bertz CT molecular complexity index is 1490. The van der Waals surface area contributed by atoms with Crippen molar-refractivity contribution < 1.29 is 19.1 Å². The van der Waals surface area contributed by atoms with Crippen molar-refractivity contribution in [1.29, 1.82) is 0 Å². The van der Waals surface area contributed by atoms with Crippen LogP contribution in [0.1, 0.15) is 35.3 Å². The van der Waals surface area contributed by atoms with Gasteiger partial charge in [0.2, 0.25) is 0 Å². The molecule has 39 heavy (non-hydrogen) atoms. The molecule has 1 N–H and O–H groups in total. The number of rotatable bonds is 8. The van der Waals surface area contributed by atoms with Crippen LogP contribution in [0, 0.1) is 5.82 Å². The highest BCUT2D eigenvalue weighted by atomic mass is 35.5. The molecule has 2 heterocycles. The van der Waals surface area contributed by atoms with Gasteiger partial charge in [-0.2, -0.15) is 0 Å². The molecule has 5 rings (SSSR count). The van der Waals surface area contributed by atoms with Crippen LogP contribution in [0.4, 0.5) is 10.1 Å². The maximum atomic E-state index is 13.5. The van der Waals surface area contributed by atoms with Crippen molar-refractivity contribution in [2.45, 2.75) is 25.7 Å². The summed E-state index contributed by atoms with van der Waals surface area (Å²) in [6, 6.07) is 19.1. The number of unbranched alkanes of at least 4 members (excludes halogenated alkanes) is 1. The van der Waals surface area contributed by atoms with E-state index in [1.165, 1.54) is 12.1 Å². The summed E-state index contributed by atoms with van der Waals surface area (Å²) >= 11 is 6.01. The normalized spacial score (nSPS) is 13.6. The minimum absolute atomic E-state index is 0.0555. The Morgan fingerprint density at radius 1 is 0.872 bits per heavy atom. The number of piperazine rings is 1. The second-order valence-corrected chi connectivity index (χ2v) is 10.0. The number of hydrogen-bond donors (Lipinski definition) is 1. The Labute approximate surface area is 230 Å². The minimum Gasteiger partial charge on any atom is -0.481 e. The Kier molecular flexibility index (Phi) is 8.02. The molecule has 1 aliphatic heterocycles. The van der Waals surface area contributed by atoms with E-state index in [9.17, 15) is 14.0 Å². The number of carboxylic acids is 1. The number of halogens is 2. The van der Waals surface area contributed by atoms with E-state index >= 15 is 0 Å². The van der Waals surface area contributed by atoms with E-state index in [1.807, 2.05) is 29.2 Å². The highest BCUT2D eigenvalue weighted by Crippen LogP contribution is 2.26. The Morgan fingerprint density at radius 2 is 1.59 bits per heavy atom. The quantitative estimate of drug-likeness (QED) is 0.279. The summed E-state index contributed by atoms with van der Waals surface area (Å²) in [5.74, 6) is -1.23. The van der Waals surface area contributed by atoms with Gasteiger partial charge in [0, 0.05) is 54.4 Å². The van der Waals surface area contributed by atoms with Crippen LogP contribution < -0.4 is 4.90 Å². The first-order chi connectivity index (χ1) is 18.9. The third-order valence-electron chi connectivity index (χ3n) is 6.91. The highest BCUT2D eigenvalue weighted by molar-refractivity contribution is 6.30. The van der Waals surface area contributed by atoms with Crippen LogP contribution >= 0.6 is 11.6 Å². The number of nitrogens with zero attached hydrogens (tertiary/aromatic N) is 4. The van der Waals surface area contributed by atoms with E-state index < -0.39 is 5.97 Å². The molecule has 0 spiro atoms. The van der Waals surface area contributed by atoms with Gasteiger partial charge in [0.1, 0.15) is 5.82 Å². The summed E-state index contributed by atoms with van der Waals surface area (Å²) in [7, 11) is 0. The smallest absolute Gasteiger partial charge is 0.303 e. The van der Waals surface area contributed by atoms with Crippen molar-refractivity contribution in [1.82, 2.24) is 14.9 Å². The maximum Gasteiger partial charge on any atom is 0.303 e. The standard InChI is InChI=1S/C30H28ClFN4O3/c31-22-8-12-24(13-9-22)35-15-17-36(18-16-35)30(39)21-7-14-25-27(19-21)33-26(3-1-2-4-28(37)38)29(34-25)20-5-10-23(32)11-6-20/h5-14,19H,1-4,15-18H2,(H,37,38). The lowest BCUT2D eigenvalue weighted by molar-refractivity contribution is -0.137. The van der Waals surface area contributed by atoms with Gasteiger partial charge >= 0.3 is 5.97 Å². The van der Waals surface area contributed by atoms with Crippen LogP contribution in [0.3, 0.4) is 0 Å². The number of aryl methyl sites for hydroxylation is 1. The number of anilines is 1. The zero-order valence-electron chi connectivity index (χ0n) is 21.3. The molecule has 0 unspecified atom stereocenters. The van der Waals surface area contributed by atoms with Gasteiger partial charge in [-0.05, 0) is 86.0 Å². The summed E-state index contributed by atoms with van der Waals surface area (Å²) in [6.07, 6.45) is 1.74. The first kappa shape index (κ1) is 26.6. The number of carbonyl (C=O) groups is 2. The summed E-state index contributed by atoms with van der Waals surface area (Å²) in [5, 5.41) is 9.67. The van der Waals surface area contributed by atoms with Crippen molar-refractivity contribution in [3.8, 4) is 11.3 Å². The van der Waals surface area contributed by atoms with E-state index in [1.54, 1.807) is 30.3 Å². The van der Waals surface area contributed by atoms with E-state index in [0.717, 1.165) is 24.3 Å². The van der Waals surface area contributed by atoms with Gasteiger partial charge in [0.05, 0.1) is 22.4 Å². The van der Waals surface area contributed by atoms with Crippen LogP contribution in [-0.4, -0.2) is 58.0 Å². The summed E-state index contributed by atoms with van der Waals surface area (Å²) in [4.78, 5) is 38.0. The van der Waals surface area contributed by atoms with Crippen molar-refractivity contribution in [3.05, 3.63) is 88.8 Å². The fraction of sp³-hybridized carbons (Fsp3) is 0.267. The van der Waals surface area contributed by atoms with E-state index in [4.69, 9.17) is 26.7 Å². The van der Waals surface area contributed by atoms with Gasteiger partial charge in [-0.15, -0.1) is 0 Å². The van der Waals surface area contributed by atoms with Crippen molar-refractivity contribution in [2.24, 2.45) is 0 Å². The highest BCUT2D eigenvalue weighted by Gasteiger charge is 2.23. The van der Waals surface area contributed by atoms with Gasteiger partial charge in [0.25, 0.3) is 5.91 Å². The third kappa shape index (κ3) is 6.34. The lowest BCUT2D eigenvalue weighted by Gasteiger charge is -2.36. The Balaban J connectivity index is 1.36. The predicted octanol–water partition coefficient (Wildman–Crippen LogP) is 5.85. The average molecular weight is 547 g/mol. The van der Waals surface area contributed by atoms with E-state index in [2.05, 4.69) is 4.90 Å². The van der Waals surface area contributed by atoms with E-state index in [-0.39, 0.29) is 18.1 Å². The fourth-order valence-electron chi connectivity index (χ4n) is 4.81. The van der Waals surface area contributed by atoms with Gasteiger partial charge < -0.3 is 14.9 Å². The molecule has 0 bridgehead atoms. The average Bonchev–Trinajstić information content (AvgIpc) is 2.95. The molecule has 0 atom stereocenters. The van der Waals surface area contributed by atoms with Gasteiger partial charge in [-0.25, -0.2) is 14.4 Å². The lowest BCUT2D eigenvalue weighted by atomic mass is 10.0. The molecule has 1 fully saturated rings. The van der Waals surface area contributed by atoms with Crippen LogP contribution in [-0.2, 0) is 11.2 Å². The molecular formula is C30H28ClFN4O3. The van der Waals surface area contributed by atoms with Crippen LogP contribution in [0.25, 0.3) is 22.3 Å². The molecule has 0 aliphatic carbocycles. The molecule has 1 aliphatic rings. The number of amides is 1. The van der Waals surface area contributed by atoms with E-state index in [0.29, 0.717) is 65.4 Å². The number of aromatic nitrogens is 2. The molecular weight excluding hydrogens is 519 g/mol. The van der Waals surface area contributed by atoms with Crippen LogP contribution in [0.15, 0.2) is 66.7 Å². The van der Waals surface area contributed by atoms with Crippen molar-refractivity contribution in [2.75, 3.05) is 31.1 Å². The zero-order chi connectivity index (χ0) is 27.4. The molecule has 0 saturated carbocycles. The molecule has 4 aromatic rings. The first-order valence-electron chi connectivity index (χ1n) is 13.0. The SMILES string of the molecule is O=C(O)CCCCc1nc2cc(C(=O)N3CCN(c4ccc(Cl)cc4)CC3)ccc2nc1-c1ccc(F)cc1. The monoisotopic (exact) mass is 546 g/mol. The third-order valence-corrected chi connectivity index (χ3v) is 7.17. The maximum absolute atomic E-state index is 13.5. The predicted molar refractivity (Wildman–Crippen MR) is 150 cm³/mol. The number of carboxylic acid groups (broad SMARTS) is 1. The molecule has 1 aromatic heterocycles. The van der Waals surface area contributed by atoms with Gasteiger partial charge in [0.15, 0.2) is 0 Å². The molecule has 7 nitrogen and oxygen atoms in total. The van der Waals surface area contributed by atoms with Crippen molar-refractivity contribution >= 4 is 40.2 Å². The fourth-order valence-corrected chi connectivity index (χ4v) is 4.93. The summed E-state index contributed by atoms with van der Waals surface area (Å²) in [6.45, 7) is 2.65. The number of fused-ring (bicyclic) bond motifs is 1. The van der Waals surface area contributed by atoms with Crippen LogP contribution in [0.5, 0.6) is 0 Å². The number of hydrogen-bond acceptors (Lipinski definition) is 5. The first-order valence-corrected chi connectivity index (χ1v) is 13.3. The minimum atomic E-state index is -0.837. The summed E-state index contributed by atoms with van der Waals surface area (Å²) in [5.41, 5.74) is 4.92. The van der Waals surface area contributed by atoms with Gasteiger partial charge in [-0.3, -0.25) is 9.59 Å². The van der Waals surface area contributed by atoms with Crippen LogP contribution in [0.2, 0.25) is 5.02 Å². The topological polar surface area (TPSA) is 86.6 Å². The number of carbonyl (C=O) groups excluding carboxylic acids is 1. The molecule has 1 saturated heterocycles. The zero-order valence-corrected chi connectivity index (χ0v) is 22.1.